The summed E-state index contributed by atoms with van der Waals surface area (Å²) in [7, 11) is 0. The minimum atomic E-state index is 0.225. The first kappa shape index (κ1) is 12.0. The van der Waals surface area contributed by atoms with Gasteiger partial charge in [0.05, 0.1) is 6.61 Å². The van der Waals surface area contributed by atoms with Crippen molar-refractivity contribution in [3.05, 3.63) is 58.6 Å². The largest absolute Gasteiger partial charge is 0.508 e. The molecule has 0 spiro atoms. The second kappa shape index (κ2) is 5.73. The van der Waals surface area contributed by atoms with Crippen molar-refractivity contribution in [2.75, 3.05) is 6.61 Å². The lowest BCUT2D eigenvalue weighted by molar-refractivity contribution is 0.319. The van der Waals surface area contributed by atoms with Crippen LogP contribution < -0.4 is 4.74 Å². The van der Waals surface area contributed by atoms with Gasteiger partial charge in [-0.15, -0.1) is 0 Å². The average molecular weight is 293 g/mol. The molecule has 0 saturated carbocycles. The molecule has 17 heavy (non-hydrogen) atoms. The Bertz CT molecular complexity index is 497. The van der Waals surface area contributed by atoms with E-state index in [1.165, 1.54) is 5.56 Å². The Morgan fingerprint density at radius 3 is 2.65 bits per heavy atom. The fraction of sp³-hybridized carbons (Fsp3) is 0.143. The van der Waals surface area contributed by atoms with Crippen LogP contribution in [0.2, 0.25) is 0 Å². The first-order chi connectivity index (χ1) is 8.25. The molecule has 0 aromatic heterocycles. The maximum Gasteiger partial charge on any atom is 0.122 e. The van der Waals surface area contributed by atoms with Crippen molar-refractivity contribution in [2.45, 2.75) is 6.42 Å². The van der Waals surface area contributed by atoms with E-state index in [4.69, 9.17) is 4.74 Å². The Labute approximate surface area is 109 Å². The van der Waals surface area contributed by atoms with Crippen LogP contribution in [-0.4, -0.2) is 11.7 Å². The molecule has 0 fully saturated rings. The van der Waals surface area contributed by atoms with E-state index in [0.717, 1.165) is 10.9 Å². The van der Waals surface area contributed by atoms with Crippen LogP contribution in [0, 0.1) is 0 Å². The summed E-state index contributed by atoms with van der Waals surface area (Å²) in [6.07, 6.45) is 0.830. The second-order valence-electron chi connectivity index (χ2n) is 3.69. The molecule has 0 aliphatic heterocycles. The van der Waals surface area contributed by atoms with Gasteiger partial charge in [-0.25, -0.2) is 0 Å². The topological polar surface area (TPSA) is 29.5 Å². The first-order valence-electron chi connectivity index (χ1n) is 5.41. The molecule has 2 aromatic rings. The number of halogens is 1. The van der Waals surface area contributed by atoms with Gasteiger partial charge >= 0.3 is 0 Å². The number of hydrogen-bond donors (Lipinski definition) is 1. The van der Waals surface area contributed by atoms with Crippen LogP contribution in [0.3, 0.4) is 0 Å². The molecule has 0 aliphatic carbocycles. The van der Waals surface area contributed by atoms with Crippen LogP contribution in [0.15, 0.2) is 53.0 Å². The zero-order valence-electron chi connectivity index (χ0n) is 9.27. The van der Waals surface area contributed by atoms with Gasteiger partial charge in [0, 0.05) is 17.0 Å². The van der Waals surface area contributed by atoms with Gasteiger partial charge in [0.15, 0.2) is 0 Å². The zero-order valence-corrected chi connectivity index (χ0v) is 10.9. The predicted molar refractivity (Wildman–Crippen MR) is 71.4 cm³/mol. The van der Waals surface area contributed by atoms with E-state index in [0.29, 0.717) is 12.4 Å². The number of rotatable bonds is 4. The Kier molecular flexibility index (Phi) is 4.04. The van der Waals surface area contributed by atoms with Crippen LogP contribution in [0.1, 0.15) is 5.56 Å². The number of phenols is 1. The third-order valence-corrected chi connectivity index (χ3v) is 3.19. The van der Waals surface area contributed by atoms with Crippen molar-refractivity contribution in [1.82, 2.24) is 0 Å². The van der Waals surface area contributed by atoms with Gasteiger partial charge < -0.3 is 9.84 Å². The van der Waals surface area contributed by atoms with Crippen LogP contribution >= 0.6 is 15.9 Å². The van der Waals surface area contributed by atoms with E-state index >= 15 is 0 Å². The molecule has 2 nitrogen and oxygen atoms in total. The molecule has 0 amide bonds. The van der Waals surface area contributed by atoms with E-state index in [1.807, 2.05) is 24.3 Å². The highest BCUT2D eigenvalue weighted by Gasteiger charge is 1.99. The van der Waals surface area contributed by atoms with Crippen LogP contribution in [0.5, 0.6) is 11.5 Å². The van der Waals surface area contributed by atoms with Crippen LogP contribution in [0.4, 0.5) is 0 Å². The predicted octanol–water partition coefficient (Wildman–Crippen LogP) is 3.78. The Morgan fingerprint density at radius 1 is 1.06 bits per heavy atom. The molecule has 3 heteroatoms. The number of ether oxygens (including phenoxy) is 1. The summed E-state index contributed by atoms with van der Waals surface area (Å²) in [5.41, 5.74) is 1.22. The molecular formula is C14H13BrO2. The third kappa shape index (κ3) is 3.49. The summed E-state index contributed by atoms with van der Waals surface area (Å²) in [4.78, 5) is 0. The molecule has 0 bridgehead atoms. The van der Waals surface area contributed by atoms with Gasteiger partial charge in [-0.1, -0.05) is 40.2 Å². The Morgan fingerprint density at radius 2 is 1.88 bits per heavy atom. The molecule has 0 heterocycles. The normalized spacial score (nSPS) is 10.2. The fourth-order valence-corrected chi connectivity index (χ4v) is 2.04. The second-order valence-corrected chi connectivity index (χ2v) is 4.54. The van der Waals surface area contributed by atoms with Crippen LogP contribution in [-0.2, 0) is 6.42 Å². The van der Waals surface area contributed by atoms with E-state index in [9.17, 15) is 5.11 Å². The van der Waals surface area contributed by atoms with Crippen molar-refractivity contribution in [3.63, 3.8) is 0 Å². The van der Waals surface area contributed by atoms with E-state index < -0.39 is 0 Å². The smallest absolute Gasteiger partial charge is 0.122 e. The van der Waals surface area contributed by atoms with Crippen LogP contribution in [0.25, 0.3) is 0 Å². The molecule has 0 radical (unpaired) electrons. The molecule has 0 atom stereocenters. The summed E-state index contributed by atoms with van der Waals surface area (Å²) in [6.45, 7) is 0.589. The van der Waals surface area contributed by atoms with Gasteiger partial charge in [0.25, 0.3) is 0 Å². The molecule has 0 aliphatic rings. The average Bonchev–Trinajstić information content (AvgIpc) is 2.32. The quantitative estimate of drug-likeness (QED) is 0.929. The molecule has 0 saturated heterocycles. The third-order valence-electron chi connectivity index (χ3n) is 2.42. The van der Waals surface area contributed by atoms with Crippen molar-refractivity contribution >= 4 is 15.9 Å². The Hall–Kier alpha value is -1.48. The molecule has 2 aromatic carbocycles. The van der Waals surface area contributed by atoms with Gasteiger partial charge in [-0.3, -0.25) is 0 Å². The summed E-state index contributed by atoms with van der Waals surface area (Å²) in [5, 5.41) is 9.29. The number of benzene rings is 2. The minimum absolute atomic E-state index is 0.225. The first-order valence-corrected chi connectivity index (χ1v) is 6.20. The molecule has 2 rings (SSSR count). The SMILES string of the molecule is Oc1cccc(OCCc2ccccc2Br)c1. The highest BCUT2D eigenvalue weighted by atomic mass is 79.9. The summed E-state index contributed by atoms with van der Waals surface area (Å²) in [5.74, 6) is 0.917. The summed E-state index contributed by atoms with van der Waals surface area (Å²) in [6, 6.07) is 14.9. The van der Waals surface area contributed by atoms with E-state index in [-0.39, 0.29) is 5.75 Å². The number of phenolic OH excluding ortho intramolecular Hbond substituents is 1. The number of aromatic hydroxyl groups is 1. The van der Waals surface area contributed by atoms with Gasteiger partial charge in [0.2, 0.25) is 0 Å². The standard InChI is InChI=1S/C14H13BrO2/c15-14-7-2-1-4-11(14)8-9-17-13-6-3-5-12(16)10-13/h1-7,10,16H,8-9H2. The maximum absolute atomic E-state index is 9.29. The summed E-state index contributed by atoms with van der Waals surface area (Å²) < 4.78 is 6.66. The molecule has 88 valence electrons. The van der Waals surface area contributed by atoms with Gasteiger partial charge in [0.1, 0.15) is 11.5 Å². The van der Waals surface area contributed by atoms with Crippen molar-refractivity contribution in [1.29, 1.82) is 0 Å². The lowest BCUT2D eigenvalue weighted by Crippen LogP contribution is -2.01. The van der Waals surface area contributed by atoms with E-state index in [1.54, 1.807) is 18.2 Å². The summed E-state index contributed by atoms with van der Waals surface area (Å²) >= 11 is 3.50. The molecular weight excluding hydrogens is 280 g/mol. The van der Waals surface area contributed by atoms with E-state index in [2.05, 4.69) is 22.0 Å². The molecule has 1 N–H and O–H groups in total. The monoisotopic (exact) mass is 292 g/mol. The zero-order chi connectivity index (χ0) is 12.1. The van der Waals surface area contributed by atoms with Crippen molar-refractivity contribution in [3.8, 4) is 11.5 Å². The number of hydrogen-bond acceptors (Lipinski definition) is 2. The lowest BCUT2D eigenvalue weighted by atomic mass is 10.2. The lowest BCUT2D eigenvalue weighted by Gasteiger charge is -2.07. The van der Waals surface area contributed by atoms with Crippen molar-refractivity contribution < 1.29 is 9.84 Å². The fourth-order valence-electron chi connectivity index (χ4n) is 1.55. The minimum Gasteiger partial charge on any atom is -0.508 e. The Balaban J connectivity index is 1.90. The molecule has 0 unspecified atom stereocenters. The van der Waals surface area contributed by atoms with Gasteiger partial charge in [-0.05, 0) is 23.8 Å². The van der Waals surface area contributed by atoms with Crippen molar-refractivity contribution in [2.24, 2.45) is 0 Å². The highest BCUT2D eigenvalue weighted by Crippen LogP contribution is 2.19. The maximum atomic E-state index is 9.29. The van der Waals surface area contributed by atoms with Gasteiger partial charge in [-0.2, -0.15) is 0 Å². The highest BCUT2D eigenvalue weighted by molar-refractivity contribution is 9.10.